The van der Waals surface area contributed by atoms with Crippen molar-refractivity contribution in [3.63, 3.8) is 0 Å². The minimum Gasteiger partial charge on any atom is -0.386 e. The number of hydrogen-bond donors (Lipinski definition) is 2. The molecule has 0 saturated carbocycles. The van der Waals surface area contributed by atoms with Crippen molar-refractivity contribution in [1.29, 1.82) is 5.26 Å². The first-order chi connectivity index (χ1) is 14.2. The van der Waals surface area contributed by atoms with Crippen molar-refractivity contribution in [2.24, 2.45) is 0 Å². The quantitative estimate of drug-likeness (QED) is 0.419. The molecule has 4 nitrogen and oxygen atoms in total. The average molecular weight is 400 g/mol. The van der Waals surface area contributed by atoms with Crippen LogP contribution in [0.3, 0.4) is 0 Å². The third kappa shape index (κ3) is 6.00. The zero-order valence-corrected chi connectivity index (χ0v) is 16.9. The van der Waals surface area contributed by atoms with Gasteiger partial charge in [-0.1, -0.05) is 71.9 Å². The minimum atomic E-state index is -0.440. The number of carbonyl (C=O) groups is 1. The number of aryl methyl sites for hydroxylation is 1. The van der Waals surface area contributed by atoms with Gasteiger partial charge in [0.25, 0.3) is 5.91 Å². The van der Waals surface area contributed by atoms with E-state index in [0.29, 0.717) is 12.2 Å². The van der Waals surface area contributed by atoms with E-state index in [2.05, 4.69) is 10.6 Å². The number of amides is 1. The lowest BCUT2D eigenvalue weighted by Crippen LogP contribution is -2.17. The van der Waals surface area contributed by atoms with Crippen LogP contribution >= 0.6 is 11.8 Å². The summed E-state index contributed by atoms with van der Waals surface area (Å²) in [7, 11) is 0. The summed E-state index contributed by atoms with van der Waals surface area (Å²) in [6, 6.07) is 27.5. The Morgan fingerprint density at radius 1 is 1.00 bits per heavy atom. The maximum atomic E-state index is 12.6. The van der Waals surface area contributed by atoms with Crippen molar-refractivity contribution in [3.8, 4) is 6.07 Å². The molecule has 0 radical (unpaired) electrons. The van der Waals surface area contributed by atoms with E-state index in [-0.39, 0.29) is 5.57 Å². The number of nitriles is 1. The molecule has 0 aliphatic heterocycles. The number of carbonyl (C=O) groups excluding carboxylic acids is 1. The fourth-order valence-corrected chi connectivity index (χ4v) is 3.51. The number of benzene rings is 3. The van der Waals surface area contributed by atoms with Crippen LogP contribution in [0.1, 0.15) is 11.1 Å². The monoisotopic (exact) mass is 399 g/mol. The fourth-order valence-electron chi connectivity index (χ4n) is 2.59. The maximum absolute atomic E-state index is 12.6. The molecular formula is C24H21N3OS. The van der Waals surface area contributed by atoms with Crippen LogP contribution in [0.2, 0.25) is 0 Å². The first-order valence-electron chi connectivity index (χ1n) is 9.18. The summed E-state index contributed by atoms with van der Waals surface area (Å²) < 4.78 is 0. The number of rotatable bonds is 7. The van der Waals surface area contributed by atoms with Crippen molar-refractivity contribution in [2.45, 2.75) is 23.3 Å². The summed E-state index contributed by atoms with van der Waals surface area (Å²) in [5, 5.41) is 15.3. The summed E-state index contributed by atoms with van der Waals surface area (Å²) >= 11 is 1.56. The van der Waals surface area contributed by atoms with E-state index < -0.39 is 5.91 Å². The Bertz CT molecular complexity index is 1040. The number of nitrogens with zero attached hydrogens (tertiary/aromatic N) is 1. The lowest BCUT2D eigenvalue weighted by molar-refractivity contribution is -0.112. The van der Waals surface area contributed by atoms with E-state index in [0.717, 1.165) is 15.4 Å². The van der Waals surface area contributed by atoms with E-state index in [9.17, 15) is 10.1 Å². The SMILES string of the molecule is Cc1ccc(CN/C=C(/C#N)C(=O)Nc2ccccc2Sc2ccccc2)cc1. The molecule has 3 rings (SSSR count). The average Bonchev–Trinajstić information content (AvgIpc) is 2.74. The predicted octanol–water partition coefficient (Wildman–Crippen LogP) is 5.28. The second-order valence-corrected chi connectivity index (χ2v) is 7.52. The van der Waals surface area contributed by atoms with Crippen molar-refractivity contribution in [3.05, 3.63) is 102 Å². The van der Waals surface area contributed by atoms with Crippen LogP contribution < -0.4 is 10.6 Å². The summed E-state index contributed by atoms with van der Waals surface area (Å²) in [4.78, 5) is 14.6. The Balaban J connectivity index is 1.66. The maximum Gasteiger partial charge on any atom is 0.267 e. The van der Waals surface area contributed by atoms with Crippen LogP contribution in [-0.4, -0.2) is 5.91 Å². The van der Waals surface area contributed by atoms with Crippen LogP contribution in [0, 0.1) is 18.3 Å². The Hall–Kier alpha value is -3.49. The Kier molecular flexibility index (Phi) is 7.10. The Morgan fingerprint density at radius 3 is 2.41 bits per heavy atom. The molecule has 0 bridgehead atoms. The molecule has 0 heterocycles. The molecule has 2 N–H and O–H groups in total. The van der Waals surface area contributed by atoms with Gasteiger partial charge in [0.15, 0.2) is 0 Å². The second kappa shape index (κ2) is 10.2. The van der Waals surface area contributed by atoms with Crippen LogP contribution in [0.5, 0.6) is 0 Å². The predicted molar refractivity (Wildman–Crippen MR) is 117 cm³/mol. The largest absolute Gasteiger partial charge is 0.386 e. The van der Waals surface area contributed by atoms with Crippen LogP contribution in [0.15, 0.2) is 100 Å². The highest BCUT2D eigenvalue weighted by Gasteiger charge is 2.12. The molecule has 0 aliphatic rings. The molecular weight excluding hydrogens is 378 g/mol. The van der Waals surface area contributed by atoms with Gasteiger partial charge in [0.1, 0.15) is 11.6 Å². The Morgan fingerprint density at radius 2 is 1.69 bits per heavy atom. The van der Waals surface area contributed by atoms with Gasteiger partial charge >= 0.3 is 0 Å². The van der Waals surface area contributed by atoms with Crippen LogP contribution in [0.4, 0.5) is 5.69 Å². The van der Waals surface area contributed by atoms with Gasteiger partial charge in [-0.2, -0.15) is 5.26 Å². The van der Waals surface area contributed by atoms with Gasteiger partial charge in [-0.15, -0.1) is 0 Å². The highest BCUT2D eigenvalue weighted by molar-refractivity contribution is 7.99. The zero-order valence-electron chi connectivity index (χ0n) is 16.1. The van der Waals surface area contributed by atoms with E-state index >= 15 is 0 Å². The topological polar surface area (TPSA) is 64.9 Å². The van der Waals surface area contributed by atoms with Gasteiger partial charge in [-0.25, -0.2) is 0 Å². The van der Waals surface area contributed by atoms with E-state index in [1.165, 1.54) is 11.8 Å². The number of nitrogens with one attached hydrogen (secondary N) is 2. The summed E-state index contributed by atoms with van der Waals surface area (Å²) in [5.41, 5.74) is 2.96. The first-order valence-corrected chi connectivity index (χ1v) is 10.00. The normalized spacial score (nSPS) is 10.8. The molecule has 29 heavy (non-hydrogen) atoms. The third-order valence-corrected chi connectivity index (χ3v) is 5.23. The first kappa shape index (κ1) is 20.2. The lowest BCUT2D eigenvalue weighted by atomic mass is 10.1. The fraction of sp³-hybridized carbons (Fsp3) is 0.0833. The second-order valence-electron chi connectivity index (χ2n) is 6.40. The van der Waals surface area contributed by atoms with Gasteiger partial charge in [-0.3, -0.25) is 4.79 Å². The molecule has 0 unspecified atom stereocenters. The molecule has 1 amide bonds. The minimum absolute atomic E-state index is 0.0247. The molecule has 0 fully saturated rings. The summed E-state index contributed by atoms with van der Waals surface area (Å²) in [5.74, 6) is -0.440. The van der Waals surface area contributed by atoms with E-state index in [1.54, 1.807) is 11.8 Å². The number of anilines is 1. The molecule has 0 aliphatic carbocycles. The zero-order chi connectivity index (χ0) is 20.5. The van der Waals surface area contributed by atoms with Gasteiger partial charge < -0.3 is 10.6 Å². The number of para-hydroxylation sites is 1. The van der Waals surface area contributed by atoms with Gasteiger partial charge in [0.05, 0.1) is 5.69 Å². The van der Waals surface area contributed by atoms with Gasteiger partial charge in [-0.05, 0) is 36.8 Å². The molecule has 144 valence electrons. The standard InChI is InChI=1S/C24H21N3OS/c1-18-11-13-19(14-12-18)16-26-17-20(15-25)24(28)27-22-9-5-6-10-23(22)29-21-7-3-2-4-8-21/h2-14,17,26H,16H2,1H3,(H,27,28)/b20-17-. The van der Waals surface area contributed by atoms with Crippen LogP contribution in [-0.2, 0) is 11.3 Å². The molecule has 5 heteroatoms. The molecule has 0 spiro atoms. The molecule has 0 atom stereocenters. The van der Waals surface area contributed by atoms with E-state index in [4.69, 9.17) is 0 Å². The summed E-state index contributed by atoms with van der Waals surface area (Å²) in [6.45, 7) is 2.57. The number of hydrogen-bond acceptors (Lipinski definition) is 4. The van der Waals surface area contributed by atoms with Crippen molar-refractivity contribution < 1.29 is 4.79 Å². The van der Waals surface area contributed by atoms with E-state index in [1.807, 2.05) is 91.9 Å². The van der Waals surface area contributed by atoms with Crippen molar-refractivity contribution in [1.82, 2.24) is 5.32 Å². The highest BCUT2D eigenvalue weighted by atomic mass is 32.2. The van der Waals surface area contributed by atoms with Crippen molar-refractivity contribution in [2.75, 3.05) is 5.32 Å². The third-order valence-electron chi connectivity index (χ3n) is 4.14. The summed E-state index contributed by atoms with van der Waals surface area (Å²) in [6.07, 6.45) is 1.46. The molecule has 0 aromatic heterocycles. The molecule has 3 aromatic rings. The smallest absolute Gasteiger partial charge is 0.267 e. The highest BCUT2D eigenvalue weighted by Crippen LogP contribution is 2.33. The molecule has 3 aromatic carbocycles. The molecule has 0 saturated heterocycles. The van der Waals surface area contributed by atoms with Crippen molar-refractivity contribution >= 4 is 23.4 Å². The van der Waals surface area contributed by atoms with Gasteiger partial charge in [0, 0.05) is 22.5 Å². The van der Waals surface area contributed by atoms with Gasteiger partial charge in [0.2, 0.25) is 0 Å². The Labute approximate surface area is 175 Å². The van der Waals surface area contributed by atoms with Crippen LogP contribution in [0.25, 0.3) is 0 Å². The lowest BCUT2D eigenvalue weighted by Gasteiger charge is -2.10.